The van der Waals surface area contributed by atoms with Gasteiger partial charge in [-0.2, -0.15) is 14.7 Å². The predicted molar refractivity (Wildman–Crippen MR) is 106 cm³/mol. The van der Waals surface area contributed by atoms with Crippen molar-refractivity contribution in [2.75, 3.05) is 7.11 Å². The minimum atomic E-state index is -0.500. The summed E-state index contributed by atoms with van der Waals surface area (Å²) in [5.41, 5.74) is 3.22. The van der Waals surface area contributed by atoms with E-state index >= 15 is 0 Å². The molecule has 5 aromatic rings. The summed E-state index contributed by atoms with van der Waals surface area (Å²) in [5, 5.41) is 17.4. The molecular weight excluding hydrogens is 406 g/mol. The molecule has 0 fully saturated rings. The second-order valence-electron chi connectivity index (χ2n) is 6.76. The van der Waals surface area contributed by atoms with Gasteiger partial charge in [-0.1, -0.05) is 18.2 Å². The molecule has 31 heavy (non-hydrogen) atoms. The standard InChI is InChI=1S/C21H14F2N6O2/c1-31-18(30)10-17-19-21(28(27-17)15-4-2-3-14(23)9-15)29-20(26-25-19)16(11-24-29)12-5-7-13(22)8-6-12/h2-9,11H,10H2,1H3. The van der Waals surface area contributed by atoms with Crippen LogP contribution in [0.5, 0.6) is 0 Å². The van der Waals surface area contributed by atoms with Crippen LogP contribution in [-0.4, -0.2) is 42.7 Å². The van der Waals surface area contributed by atoms with E-state index in [-0.39, 0.29) is 12.2 Å². The molecule has 5 rings (SSSR count). The lowest BCUT2D eigenvalue weighted by molar-refractivity contribution is -0.139. The Morgan fingerprint density at radius 3 is 2.61 bits per heavy atom. The Kier molecular flexibility index (Phi) is 4.39. The van der Waals surface area contributed by atoms with Crippen molar-refractivity contribution < 1.29 is 18.3 Å². The first-order valence-electron chi connectivity index (χ1n) is 9.26. The van der Waals surface area contributed by atoms with Crippen LogP contribution < -0.4 is 0 Å². The fourth-order valence-corrected chi connectivity index (χ4v) is 3.38. The molecule has 0 aliphatic rings. The summed E-state index contributed by atoms with van der Waals surface area (Å²) in [4.78, 5) is 11.9. The number of hydrogen-bond acceptors (Lipinski definition) is 6. The number of rotatable bonds is 4. The Morgan fingerprint density at radius 2 is 1.87 bits per heavy atom. The minimum Gasteiger partial charge on any atom is -0.469 e. The minimum absolute atomic E-state index is 0.137. The first kappa shape index (κ1) is 18.8. The third-order valence-electron chi connectivity index (χ3n) is 4.84. The molecular formula is C21H14F2N6O2. The van der Waals surface area contributed by atoms with Gasteiger partial charge in [0.05, 0.1) is 25.4 Å². The summed E-state index contributed by atoms with van der Waals surface area (Å²) < 4.78 is 34.9. The van der Waals surface area contributed by atoms with Crippen molar-refractivity contribution in [2.24, 2.45) is 0 Å². The van der Waals surface area contributed by atoms with E-state index in [1.54, 1.807) is 30.5 Å². The Hall–Kier alpha value is -4.21. The first-order chi connectivity index (χ1) is 15.0. The van der Waals surface area contributed by atoms with Crippen molar-refractivity contribution in [1.82, 2.24) is 29.6 Å². The van der Waals surface area contributed by atoms with Crippen LogP contribution >= 0.6 is 0 Å². The number of carbonyl (C=O) groups excluding carboxylic acids is 1. The highest BCUT2D eigenvalue weighted by molar-refractivity contribution is 5.85. The molecule has 154 valence electrons. The van der Waals surface area contributed by atoms with Crippen molar-refractivity contribution in [3.05, 3.63) is 72.1 Å². The Labute approximate surface area is 173 Å². The smallest absolute Gasteiger partial charge is 0.311 e. The Morgan fingerprint density at radius 1 is 1.06 bits per heavy atom. The van der Waals surface area contributed by atoms with Crippen molar-refractivity contribution >= 4 is 22.8 Å². The molecule has 0 atom stereocenters. The van der Waals surface area contributed by atoms with E-state index in [4.69, 9.17) is 4.74 Å². The van der Waals surface area contributed by atoms with Gasteiger partial charge in [-0.3, -0.25) is 4.79 Å². The Balaban J connectivity index is 1.79. The fourth-order valence-electron chi connectivity index (χ4n) is 3.38. The van der Waals surface area contributed by atoms with Crippen LogP contribution in [-0.2, 0) is 16.0 Å². The van der Waals surface area contributed by atoms with E-state index in [2.05, 4.69) is 20.4 Å². The number of aromatic nitrogens is 6. The van der Waals surface area contributed by atoms with E-state index in [1.165, 1.54) is 40.6 Å². The number of halogens is 2. The molecule has 2 aromatic carbocycles. The number of methoxy groups -OCH3 is 1. The molecule has 0 bridgehead atoms. The molecule has 0 saturated heterocycles. The van der Waals surface area contributed by atoms with Crippen molar-refractivity contribution in [2.45, 2.75) is 6.42 Å². The van der Waals surface area contributed by atoms with Crippen molar-refractivity contribution in [3.63, 3.8) is 0 Å². The molecule has 0 N–H and O–H groups in total. The molecule has 0 unspecified atom stereocenters. The topological polar surface area (TPSA) is 87.2 Å². The van der Waals surface area contributed by atoms with Gasteiger partial charge in [0.2, 0.25) is 0 Å². The second-order valence-corrected chi connectivity index (χ2v) is 6.76. The summed E-state index contributed by atoms with van der Waals surface area (Å²) in [6.07, 6.45) is 1.45. The van der Waals surface area contributed by atoms with Crippen LogP contribution in [0, 0.1) is 11.6 Å². The maximum Gasteiger partial charge on any atom is 0.311 e. The number of ether oxygens (including phenoxy) is 1. The number of carbonyl (C=O) groups is 1. The van der Waals surface area contributed by atoms with Crippen LogP contribution in [0.1, 0.15) is 5.69 Å². The van der Waals surface area contributed by atoms with Crippen LogP contribution in [0.2, 0.25) is 0 Å². The third kappa shape index (κ3) is 3.18. The van der Waals surface area contributed by atoms with E-state index in [9.17, 15) is 13.6 Å². The summed E-state index contributed by atoms with van der Waals surface area (Å²) in [6.45, 7) is 0. The number of benzene rings is 2. The zero-order valence-corrected chi connectivity index (χ0v) is 16.2. The summed E-state index contributed by atoms with van der Waals surface area (Å²) in [7, 11) is 1.28. The van der Waals surface area contributed by atoms with Gasteiger partial charge in [0.1, 0.15) is 17.3 Å². The van der Waals surface area contributed by atoms with Crippen LogP contribution in [0.15, 0.2) is 54.7 Å². The van der Waals surface area contributed by atoms with E-state index in [0.29, 0.717) is 39.3 Å². The van der Waals surface area contributed by atoms with Gasteiger partial charge in [-0.05, 0) is 35.9 Å². The van der Waals surface area contributed by atoms with Gasteiger partial charge in [-0.25, -0.2) is 13.5 Å². The second kappa shape index (κ2) is 7.24. The van der Waals surface area contributed by atoms with Crippen molar-refractivity contribution in [3.8, 4) is 16.8 Å². The molecule has 0 radical (unpaired) electrons. The lowest BCUT2D eigenvalue weighted by Gasteiger charge is -2.04. The predicted octanol–water partition coefficient (Wildman–Crippen LogP) is 3.12. The fraction of sp³-hybridized carbons (Fsp3) is 0.0952. The normalized spacial score (nSPS) is 11.3. The van der Waals surface area contributed by atoms with Gasteiger partial charge >= 0.3 is 5.97 Å². The lowest BCUT2D eigenvalue weighted by atomic mass is 10.1. The van der Waals surface area contributed by atoms with Gasteiger partial charge in [0.25, 0.3) is 0 Å². The maximum atomic E-state index is 13.9. The van der Waals surface area contributed by atoms with E-state index < -0.39 is 11.8 Å². The van der Waals surface area contributed by atoms with E-state index in [0.717, 1.165) is 0 Å². The van der Waals surface area contributed by atoms with Crippen molar-refractivity contribution in [1.29, 1.82) is 0 Å². The zero-order valence-electron chi connectivity index (χ0n) is 16.2. The zero-order chi connectivity index (χ0) is 21.5. The molecule has 0 aliphatic heterocycles. The number of esters is 1. The SMILES string of the molecule is COC(=O)Cc1nn(-c2cccc(F)c2)c2c1nnc1c(-c3ccc(F)cc3)cnn12. The molecule has 3 aromatic heterocycles. The highest BCUT2D eigenvalue weighted by atomic mass is 19.1. The lowest BCUT2D eigenvalue weighted by Crippen LogP contribution is -2.06. The van der Waals surface area contributed by atoms with Crippen LogP contribution in [0.3, 0.4) is 0 Å². The molecule has 0 saturated carbocycles. The number of hydrogen-bond donors (Lipinski definition) is 0. The van der Waals surface area contributed by atoms with Gasteiger partial charge in [0, 0.05) is 5.56 Å². The summed E-state index contributed by atoms with van der Waals surface area (Å²) >= 11 is 0. The van der Waals surface area contributed by atoms with Gasteiger partial charge < -0.3 is 4.74 Å². The largest absolute Gasteiger partial charge is 0.469 e. The highest BCUT2D eigenvalue weighted by Crippen LogP contribution is 2.27. The number of nitrogens with zero attached hydrogens (tertiary/aromatic N) is 6. The Bertz CT molecular complexity index is 1440. The average molecular weight is 420 g/mol. The monoisotopic (exact) mass is 420 g/mol. The molecule has 10 heteroatoms. The molecule has 3 heterocycles. The molecule has 0 amide bonds. The number of fused-ring (bicyclic) bond motifs is 3. The first-order valence-corrected chi connectivity index (χ1v) is 9.26. The quantitative estimate of drug-likeness (QED) is 0.415. The molecule has 0 spiro atoms. The van der Waals surface area contributed by atoms with Crippen LogP contribution in [0.4, 0.5) is 8.78 Å². The third-order valence-corrected chi connectivity index (χ3v) is 4.84. The average Bonchev–Trinajstić information content (AvgIpc) is 3.36. The van der Waals surface area contributed by atoms with Gasteiger partial charge in [0.15, 0.2) is 16.8 Å². The van der Waals surface area contributed by atoms with Crippen LogP contribution in [0.25, 0.3) is 33.6 Å². The molecule has 0 aliphatic carbocycles. The van der Waals surface area contributed by atoms with Gasteiger partial charge in [-0.15, -0.1) is 10.2 Å². The summed E-state index contributed by atoms with van der Waals surface area (Å²) in [5.74, 6) is -1.30. The maximum absolute atomic E-state index is 13.9. The highest BCUT2D eigenvalue weighted by Gasteiger charge is 2.22. The van der Waals surface area contributed by atoms with E-state index in [1.807, 2.05) is 0 Å². The molecule has 8 nitrogen and oxygen atoms in total. The summed E-state index contributed by atoms with van der Waals surface area (Å²) in [6, 6.07) is 11.8.